The van der Waals surface area contributed by atoms with Gasteiger partial charge in [-0.2, -0.15) is 0 Å². The highest BCUT2D eigenvalue weighted by atomic mass is 32.1. The molecule has 1 aromatic carbocycles. The molecule has 0 aliphatic heterocycles. The first kappa shape index (κ1) is 11.0. The minimum atomic E-state index is 0.598. The van der Waals surface area contributed by atoms with Crippen LogP contribution in [0, 0.1) is 0 Å². The van der Waals surface area contributed by atoms with Gasteiger partial charge in [-0.1, -0.05) is 30.3 Å². The van der Waals surface area contributed by atoms with Crippen LogP contribution in [0.1, 0.15) is 29.2 Å². The topological polar surface area (TPSA) is 26.0 Å². The van der Waals surface area contributed by atoms with Crippen LogP contribution in [0.2, 0.25) is 0 Å². The molecule has 1 atom stereocenters. The summed E-state index contributed by atoms with van der Waals surface area (Å²) in [6.07, 6.45) is 3.77. The minimum Gasteiger partial charge on any atom is -0.330 e. The van der Waals surface area contributed by atoms with Crippen molar-refractivity contribution < 1.29 is 0 Å². The van der Waals surface area contributed by atoms with E-state index in [9.17, 15) is 0 Å². The maximum Gasteiger partial charge on any atom is 0.0127 e. The standard InChI is InChI=1S/C15H17NS/c16-9-12-7-4-8-13-14(10-17-15(12)13)11-5-2-1-3-6-11/h1-3,5-6,10,12H,4,7-9,16H2. The molecule has 0 saturated heterocycles. The van der Waals surface area contributed by atoms with Gasteiger partial charge in [0.15, 0.2) is 0 Å². The number of nitrogens with two attached hydrogens (primary N) is 1. The molecule has 1 nitrogen and oxygen atoms in total. The molecule has 1 aliphatic carbocycles. The van der Waals surface area contributed by atoms with Crippen LogP contribution in [0.15, 0.2) is 35.7 Å². The van der Waals surface area contributed by atoms with Crippen molar-refractivity contribution >= 4 is 11.3 Å². The van der Waals surface area contributed by atoms with E-state index in [0.29, 0.717) is 5.92 Å². The van der Waals surface area contributed by atoms with Gasteiger partial charge in [0, 0.05) is 10.8 Å². The van der Waals surface area contributed by atoms with Crippen molar-refractivity contribution in [2.75, 3.05) is 6.54 Å². The van der Waals surface area contributed by atoms with Crippen LogP contribution in [0.5, 0.6) is 0 Å². The molecule has 17 heavy (non-hydrogen) atoms. The van der Waals surface area contributed by atoms with Crippen LogP contribution in [0.3, 0.4) is 0 Å². The fraction of sp³-hybridized carbons (Fsp3) is 0.333. The smallest absolute Gasteiger partial charge is 0.0127 e. The number of fused-ring (bicyclic) bond motifs is 1. The molecule has 1 aromatic heterocycles. The SMILES string of the molecule is NCC1CCCc2c(-c3ccccc3)csc21. The summed E-state index contributed by atoms with van der Waals surface area (Å²) in [5, 5.41) is 2.31. The highest BCUT2D eigenvalue weighted by Gasteiger charge is 2.23. The summed E-state index contributed by atoms with van der Waals surface area (Å²) in [6.45, 7) is 0.793. The van der Waals surface area contributed by atoms with Gasteiger partial charge in [0.05, 0.1) is 0 Å². The minimum absolute atomic E-state index is 0.598. The molecule has 0 amide bonds. The molecule has 2 N–H and O–H groups in total. The fourth-order valence-corrected chi connectivity index (χ4v) is 4.02. The molecule has 3 rings (SSSR count). The van der Waals surface area contributed by atoms with Crippen LogP contribution in [-0.2, 0) is 6.42 Å². The maximum absolute atomic E-state index is 5.87. The lowest BCUT2D eigenvalue weighted by atomic mass is 9.86. The fourth-order valence-electron chi connectivity index (χ4n) is 2.74. The van der Waals surface area contributed by atoms with Crippen molar-refractivity contribution in [3.05, 3.63) is 46.2 Å². The molecule has 1 aliphatic rings. The van der Waals surface area contributed by atoms with Gasteiger partial charge >= 0.3 is 0 Å². The Hall–Kier alpha value is -1.12. The summed E-state index contributed by atoms with van der Waals surface area (Å²) in [5.74, 6) is 0.598. The highest BCUT2D eigenvalue weighted by Crippen LogP contribution is 2.41. The lowest BCUT2D eigenvalue weighted by molar-refractivity contribution is 0.572. The van der Waals surface area contributed by atoms with Gasteiger partial charge < -0.3 is 5.73 Å². The van der Waals surface area contributed by atoms with E-state index in [-0.39, 0.29) is 0 Å². The Balaban J connectivity index is 2.06. The summed E-state index contributed by atoms with van der Waals surface area (Å²) >= 11 is 1.90. The Labute approximate surface area is 106 Å². The Kier molecular flexibility index (Phi) is 3.00. The second kappa shape index (κ2) is 4.63. The molecule has 0 radical (unpaired) electrons. The van der Waals surface area contributed by atoms with Crippen molar-refractivity contribution in [3.8, 4) is 11.1 Å². The van der Waals surface area contributed by atoms with Crippen molar-refractivity contribution in [2.24, 2.45) is 5.73 Å². The van der Waals surface area contributed by atoms with E-state index >= 15 is 0 Å². The average molecular weight is 243 g/mol. The van der Waals surface area contributed by atoms with Gasteiger partial charge in [-0.3, -0.25) is 0 Å². The molecule has 0 saturated carbocycles. The van der Waals surface area contributed by atoms with E-state index in [1.165, 1.54) is 35.3 Å². The largest absolute Gasteiger partial charge is 0.330 e. The molecule has 2 aromatic rings. The van der Waals surface area contributed by atoms with Crippen molar-refractivity contribution in [2.45, 2.75) is 25.2 Å². The van der Waals surface area contributed by atoms with Crippen molar-refractivity contribution in [3.63, 3.8) is 0 Å². The number of hydrogen-bond acceptors (Lipinski definition) is 2. The molecule has 88 valence electrons. The van der Waals surface area contributed by atoms with E-state index in [2.05, 4.69) is 35.7 Å². The second-order valence-electron chi connectivity index (χ2n) is 4.68. The van der Waals surface area contributed by atoms with E-state index < -0.39 is 0 Å². The van der Waals surface area contributed by atoms with Gasteiger partial charge in [0.1, 0.15) is 0 Å². The van der Waals surface area contributed by atoms with Crippen LogP contribution >= 0.6 is 11.3 Å². The molecular formula is C15H17NS. The Morgan fingerprint density at radius 3 is 2.82 bits per heavy atom. The lowest BCUT2D eigenvalue weighted by Gasteiger charge is -2.21. The molecule has 2 heteroatoms. The predicted octanol–water partition coefficient (Wildman–Crippen LogP) is 3.79. The normalized spacial score (nSPS) is 19.0. The first-order valence-electron chi connectivity index (χ1n) is 6.26. The number of hydrogen-bond donors (Lipinski definition) is 1. The molecule has 1 unspecified atom stereocenters. The zero-order valence-corrected chi connectivity index (χ0v) is 10.7. The van der Waals surface area contributed by atoms with E-state index in [1.807, 2.05) is 11.3 Å². The summed E-state index contributed by atoms with van der Waals surface area (Å²) in [4.78, 5) is 1.54. The number of thiophene rings is 1. The quantitative estimate of drug-likeness (QED) is 0.853. The van der Waals surface area contributed by atoms with Crippen LogP contribution in [-0.4, -0.2) is 6.54 Å². The first-order chi connectivity index (χ1) is 8.40. The Bertz CT molecular complexity index is 501. The summed E-state index contributed by atoms with van der Waals surface area (Å²) in [7, 11) is 0. The van der Waals surface area contributed by atoms with Crippen LogP contribution in [0.4, 0.5) is 0 Å². The maximum atomic E-state index is 5.87. The van der Waals surface area contributed by atoms with Crippen molar-refractivity contribution in [1.29, 1.82) is 0 Å². The predicted molar refractivity (Wildman–Crippen MR) is 74.5 cm³/mol. The van der Waals surface area contributed by atoms with Gasteiger partial charge in [0.25, 0.3) is 0 Å². The third-order valence-electron chi connectivity index (χ3n) is 3.65. The molecule has 1 heterocycles. The lowest BCUT2D eigenvalue weighted by Crippen LogP contribution is -2.16. The average Bonchev–Trinajstić information content (AvgIpc) is 2.83. The monoisotopic (exact) mass is 243 g/mol. The van der Waals surface area contributed by atoms with E-state index in [1.54, 1.807) is 5.56 Å². The Morgan fingerprint density at radius 2 is 2.06 bits per heavy atom. The zero-order chi connectivity index (χ0) is 11.7. The van der Waals surface area contributed by atoms with Crippen LogP contribution < -0.4 is 5.73 Å². The summed E-state index contributed by atoms with van der Waals surface area (Å²) in [6, 6.07) is 10.7. The number of rotatable bonds is 2. The molecule has 0 fully saturated rings. The number of benzene rings is 1. The Morgan fingerprint density at radius 1 is 1.24 bits per heavy atom. The molecular weight excluding hydrogens is 226 g/mol. The first-order valence-corrected chi connectivity index (χ1v) is 7.14. The molecule has 0 spiro atoms. The third-order valence-corrected chi connectivity index (χ3v) is 4.83. The third kappa shape index (κ3) is 1.92. The zero-order valence-electron chi connectivity index (χ0n) is 9.86. The summed E-state index contributed by atoms with van der Waals surface area (Å²) < 4.78 is 0. The van der Waals surface area contributed by atoms with E-state index in [4.69, 9.17) is 5.73 Å². The van der Waals surface area contributed by atoms with Crippen molar-refractivity contribution in [1.82, 2.24) is 0 Å². The second-order valence-corrected chi connectivity index (χ2v) is 5.59. The van der Waals surface area contributed by atoms with Gasteiger partial charge in [-0.25, -0.2) is 0 Å². The van der Waals surface area contributed by atoms with Gasteiger partial charge in [-0.05, 0) is 47.9 Å². The van der Waals surface area contributed by atoms with E-state index in [0.717, 1.165) is 6.54 Å². The molecule has 0 bridgehead atoms. The van der Waals surface area contributed by atoms with Gasteiger partial charge in [-0.15, -0.1) is 11.3 Å². The summed E-state index contributed by atoms with van der Waals surface area (Å²) in [5.41, 5.74) is 10.2. The van der Waals surface area contributed by atoms with Crippen LogP contribution in [0.25, 0.3) is 11.1 Å². The highest BCUT2D eigenvalue weighted by molar-refractivity contribution is 7.10. The van der Waals surface area contributed by atoms with Gasteiger partial charge in [0.2, 0.25) is 0 Å².